The number of hydrogen-bond donors (Lipinski definition) is 1. The van der Waals surface area contributed by atoms with Gasteiger partial charge in [0.25, 0.3) is 5.91 Å². The molecule has 10 heteroatoms. The quantitative estimate of drug-likeness (QED) is 0.720. The molecule has 1 aromatic rings. The van der Waals surface area contributed by atoms with Crippen molar-refractivity contribution in [3.63, 3.8) is 0 Å². The van der Waals surface area contributed by atoms with Gasteiger partial charge in [0.05, 0.1) is 0 Å². The first kappa shape index (κ1) is 19.1. The third-order valence-corrected chi connectivity index (χ3v) is 5.48. The highest BCUT2D eigenvalue weighted by atomic mass is 16.2. The topological polar surface area (TPSA) is 110 Å². The second-order valence-electron chi connectivity index (χ2n) is 7.59. The first-order valence-corrected chi connectivity index (χ1v) is 9.21. The Hall–Kier alpha value is -2.65. The van der Waals surface area contributed by atoms with Gasteiger partial charge in [0.15, 0.2) is 0 Å². The van der Waals surface area contributed by atoms with Gasteiger partial charge in [-0.15, -0.1) is 0 Å². The van der Waals surface area contributed by atoms with E-state index in [2.05, 4.69) is 10.4 Å². The van der Waals surface area contributed by atoms with Gasteiger partial charge < -0.3 is 9.80 Å². The minimum atomic E-state index is -1.05. The Bertz CT molecular complexity index is 839. The molecular formula is C17H26N6O4. The number of nitrogens with zero attached hydrogens (tertiary/aromatic N) is 5. The molecule has 0 bridgehead atoms. The summed E-state index contributed by atoms with van der Waals surface area (Å²) in [6, 6.07) is -0.545. The smallest absolute Gasteiger partial charge is 0.340 e. The second-order valence-corrected chi connectivity index (χ2v) is 7.59. The number of carbonyl (C=O) groups excluding carboxylic acids is 3. The van der Waals surface area contributed by atoms with E-state index in [9.17, 15) is 19.2 Å². The van der Waals surface area contributed by atoms with Crippen LogP contribution in [0.1, 0.15) is 45.4 Å². The molecule has 148 valence electrons. The number of imide groups is 1. The van der Waals surface area contributed by atoms with Crippen LogP contribution in [0.5, 0.6) is 0 Å². The fourth-order valence-electron chi connectivity index (χ4n) is 3.74. The molecule has 0 radical (unpaired) electrons. The highest BCUT2D eigenvalue weighted by molar-refractivity contribution is 6.07. The van der Waals surface area contributed by atoms with Crippen molar-refractivity contribution in [3.8, 4) is 0 Å². The Kier molecular flexibility index (Phi) is 4.83. The van der Waals surface area contributed by atoms with Crippen LogP contribution in [0.25, 0.3) is 0 Å². The molecule has 3 rings (SSSR count). The summed E-state index contributed by atoms with van der Waals surface area (Å²) in [4.78, 5) is 51.8. The summed E-state index contributed by atoms with van der Waals surface area (Å²) in [6.45, 7) is 6.53. The van der Waals surface area contributed by atoms with Crippen LogP contribution in [0, 0.1) is 0 Å². The Morgan fingerprint density at radius 2 is 2.00 bits per heavy atom. The first-order valence-electron chi connectivity index (χ1n) is 9.21. The minimum Gasteiger partial charge on any atom is -0.340 e. The number of nitrogens with one attached hydrogen (secondary N) is 1. The van der Waals surface area contributed by atoms with Crippen LogP contribution in [0.2, 0.25) is 0 Å². The summed E-state index contributed by atoms with van der Waals surface area (Å²) in [5.41, 5.74) is -1.21. The predicted octanol–water partition coefficient (Wildman–Crippen LogP) is -0.362. The molecule has 2 aliphatic heterocycles. The Morgan fingerprint density at radius 1 is 1.30 bits per heavy atom. The molecule has 1 N–H and O–H groups in total. The molecule has 2 aliphatic rings. The number of hydrogen-bond acceptors (Lipinski definition) is 5. The van der Waals surface area contributed by atoms with E-state index in [4.69, 9.17) is 0 Å². The largest absolute Gasteiger partial charge is 0.345 e. The van der Waals surface area contributed by atoms with Gasteiger partial charge >= 0.3 is 11.7 Å². The zero-order valence-corrected chi connectivity index (χ0v) is 16.2. The Balaban J connectivity index is 1.74. The van der Waals surface area contributed by atoms with E-state index in [1.165, 1.54) is 9.58 Å². The number of carbonyl (C=O) groups is 3. The van der Waals surface area contributed by atoms with Gasteiger partial charge in [-0.05, 0) is 33.6 Å². The monoisotopic (exact) mass is 378 g/mol. The van der Waals surface area contributed by atoms with Crippen molar-refractivity contribution in [1.82, 2.24) is 29.5 Å². The molecule has 10 nitrogen and oxygen atoms in total. The molecule has 0 saturated carbocycles. The van der Waals surface area contributed by atoms with E-state index < -0.39 is 17.5 Å². The number of aryl methyl sites for hydroxylation is 1. The summed E-state index contributed by atoms with van der Waals surface area (Å²) < 4.78 is 2.95. The summed E-state index contributed by atoms with van der Waals surface area (Å²) in [5.74, 6) is 0.0479. The molecule has 27 heavy (non-hydrogen) atoms. The molecule has 1 unspecified atom stereocenters. The van der Waals surface area contributed by atoms with Gasteiger partial charge in [0.1, 0.15) is 17.9 Å². The van der Waals surface area contributed by atoms with E-state index in [1.807, 2.05) is 6.92 Å². The number of amides is 4. The zero-order chi connectivity index (χ0) is 19.9. The highest BCUT2D eigenvalue weighted by Gasteiger charge is 2.46. The van der Waals surface area contributed by atoms with Crippen LogP contribution in [-0.4, -0.2) is 67.2 Å². The molecule has 1 aromatic heterocycles. The lowest BCUT2D eigenvalue weighted by Crippen LogP contribution is -2.51. The van der Waals surface area contributed by atoms with Crippen LogP contribution in [0.3, 0.4) is 0 Å². The number of aromatic nitrogens is 3. The summed E-state index contributed by atoms with van der Waals surface area (Å²) in [6.07, 6.45) is 1.63. The molecule has 4 amide bonds. The number of rotatable bonds is 4. The molecule has 0 aromatic carbocycles. The number of piperidine rings is 1. The summed E-state index contributed by atoms with van der Waals surface area (Å²) >= 11 is 0. The van der Waals surface area contributed by atoms with Gasteiger partial charge in [-0.25, -0.2) is 14.3 Å². The van der Waals surface area contributed by atoms with Gasteiger partial charge in [0.2, 0.25) is 5.91 Å². The van der Waals surface area contributed by atoms with Gasteiger partial charge in [-0.3, -0.25) is 19.5 Å². The van der Waals surface area contributed by atoms with Crippen molar-refractivity contribution < 1.29 is 14.4 Å². The highest BCUT2D eigenvalue weighted by Crippen LogP contribution is 2.26. The van der Waals surface area contributed by atoms with Crippen molar-refractivity contribution in [1.29, 1.82) is 0 Å². The van der Waals surface area contributed by atoms with Crippen LogP contribution < -0.4 is 11.0 Å². The number of urea groups is 1. The van der Waals surface area contributed by atoms with Gasteiger partial charge in [-0.1, -0.05) is 0 Å². The summed E-state index contributed by atoms with van der Waals surface area (Å²) in [5, 5.41) is 6.61. The van der Waals surface area contributed by atoms with Crippen molar-refractivity contribution >= 4 is 17.8 Å². The number of likely N-dealkylation sites (tertiary alicyclic amines) is 1. The minimum absolute atomic E-state index is 0.0291. The van der Waals surface area contributed by atoms with E-state index >= 15 is 0 Å². The molecule has 2 saturated heterocycles. The van der Waals surface area contributed by atoms with Crippen LogP contribution >= 0.6 is 0 Å². The van der Waals surface area contributed by atoms with Crippen LogP contribution in [0.15, 0.2) is 4.79 Å². The third kappa shape index (κ3) is 3.24. The van der Waals surface area contributed by atoms with E-state index in [0.29, 0.717) is 25.5 Å². The Labute approximate surface area is 157 Å². The van der Waals surface area contributed by atoms with Gasteiger partial charge in [0, 0.05) is 32.6 Å². The average Bonchev–Trinajstić information content (AvgIpc) is 3.02. The normalized spacial score (nSPS) is 22.3. The van der Waals surface area contributed by atoms with Crippen LogP contribution in [0.4, 0.5) is 4.79 Å². The first-order chi connectivity index (χ1) is 12.7. The average molecular weight is 378 g/mol. The molecule has 0 spiro atoms. The SMILES string of the molecule is CCn1c(C2CCCN(C(=O)CN3C(=O)NC(=O)C3(C)C)C2)nn(C)c1=O. The maximum atomic E-state index is 12.8. The van der Waals surface area contributed by atoms with Crippen molar-refractivity contribution in [2.24, 2.45) is 7.05 Å². The lowest BCUT2D eigenvalue weighted by molar-refractivity contribution is -0.134. The molecule has 2 fully saturated rings. The van der Waals surface area contributed by atoms with E-state index in [1.54, 1.807) is 30.4 Å². The Morgan fingerprint density at radius 3 is 2.59 bits per heavy atom. The van der Waals surface area contributed by atoms with Crippen molar-refractivity contribution in [2.45, 2.75) is 51.6 Å². The maximum absolute atomic E-state index is 12.8. The fraction of sp³-hybridized carbons (Fsp3) is 0.706. The van der Waals surface area contributed by atoms with Crippen molar-refractivity contribution in [2.75, 3.05) is 19.6 Å². The van der Waals surface area contributed by atoms with Gasteiger partial charge in [-0.2, -0.15) is 5.10 Å². The maximum Gasteiger partial charge on any atom is 0.345 e. The molecule has 3 heterocycles. The zero-order valence-electron chi connectivity index (χ0n) is 16.2. The van der Waals surface area contributed by atoms with Crippen molar-refractivity contribution in [3.05, 3.63) is 16.3 Å². The standard InChI is InChI=1S/C17H26N6O4/c1-5-22-13(19-20(4)16(22)27)11-7-6-8-21(9-11)12(24)10-23-15(26)18-14(25)17(23,2)3/h11H,5-10H2,1-4H3,(H,18,25,26). The van der Waals surface area contributed by atoms with E-state index in [0.717, 1.165) is 12.8 Å². The second kappa shape index (κ2) is 6.82. The molecule has 1 atom stereocenters. The lowest BCUT2D eigenvalue weighted by atomic mass is 9.97. The lowest BCUT2D eigenvalue weighted by Gasteiger charge is -2.35. The third-order valence-electron chi connectivity index (χ3n) is 5.48. The molecule has 0 aliphatic carbocycles. The summed E-state index contributed by atoms with van der Waals surface area (Å²) in [7, 11) is 1.62. The van der Waals surface area contributed by atoms with Crippen LogP contribution in [-0.2, 0) is 23.2 Å². The molecular weight excluding hydrogens is 352 g/mol. The van der Waals surface area contributed by atoms with E-state index in [-0.39, 0.29) is 24.1 Å². The fourth-order valence-corrected chi connectivity index (χ4v) is 3.74. The predicted molar refractivity (Wildman–Crippen MR) is 96.0 cm³/mol.